The molecule has 1 aliphatic heterocycles. The lowest BCUT2D eigenvalue weighted by atomic mass is 10.00. The fourth-order valence-electron chi connectivity index (χ4n) is 6.53. The molecule has 13 nitrogen and oxygen atoms in total. The highest BCUT2D eigenvalue weighted by Crippen LogP contribution is 2.48. The predicted octanol–water partition coefficient (Wildman–Crippen LogP) is 6.80. The molecule has 3 saturated carbocycles. The van der Waals surface area contributed by atoms with Gasteiger partial charge >= 0.3 is 0 Å². The van der Waals surface area contributed by atoms with E-state index in [2.05, 4.69) is 38.8 Å². The van der Waals surface area contributed by atoms with Gasteiger partial charge in [0.15, 0.2) is 18.6 Å². The van der Waals surface area contributed by atoms with Crippen molar-refractivity contribution in [3.05, 3.63) is 81.5 Å². The standard InChI is InChI=1S/C26H30N2O3.C22H27N5O3.C2H6/c1-17-7-8-21(12-11-20-9-10-20)15-23(17)28(6)26(30)25-18(2)13-22(14-19(25)3)31-16-24(29)27(4)5;1-15-3-7-17(8-6-16-4-5-16)25-20(15)27(2)21(28)18(26-23)11-24-12-19-29-13-22(9-10-22)14-30-19;1-2/h7-8,13-15,20H,9-10,16H2,1-6H3;3,7,11,16,19H,4-5,9-10,12-14,23H2,1-2H3;1-2H3/b;24-11?,26-18+;. The maximum absolute atomic E-state index is 13.4. The van der Waals surface area contributed by atoms with Gasteiger partial charge in [-0.1, -0.05) is 43.7 Å². The van der Waals surface area contributed by atoms with Gasteiger partial charge in [-0.05, 0) is 125 Å². The van der Waals surface area contributed by atoms with E-state index in [1.807, 2.05) is 71.9 Å². The number of hydrogen-bond donors (Lipinski definition) is 1. The van der Waals surface area contributed by atoms with Crippen molar-refractivity contribution in [3.8, 4) is 29.4 Å². The minimum atomic E-state index is -0.398. The Morgan fingerprint density at radius 1 is 0.841 bits per heavy atom. The zero-order valence-corrected chi connectivity index (χ0v) is 38.6. The Bertz CT molecular complexity index is 2300. The van der Waals surface area contributed by atoms with Crippen LogP contribution in [0.4, 0.5) is 11.5 Å². The number of likely N-dealkylation sites (N-methyl/N-ethyl adjacent to an activating group) is 1. The molecule has 2 aromatic carbocycles. The van der Waals surface area contributed by atoms with Crippen LogP contribution in [-0.2, 0) is 19.1 Å². The number of carbonyl (C=O) groups excluding carboxylic acids is 3. The SMILES string of the molecule is CC.Cc1ccc(C#CC2CC2)cc1N(C)C(=O)c1c(C)cc(OCC(=O)N(C)C)cc1C.Cc1ccc(C#CC2CC2)nc1N(C)C(=O)/C(C=NCC1OCC2(CC2)CO1)=N/N. The normalized spacial score (nSPS) is 16.2. The number of benzene rings is 2. The third-order valence-electron chi connectivity index (χ3n) is 11.1. The summed E-state index contributed by atoms with van der Waals surface area (Å²) in [6, 6.07) is 13.4. The minimum Gasteiger partial charge on any atom is -0.484 e. The van der Waals surface area contributed by atoms with Crippen molar-refractivity contribution in [3.63, 3.8) is 0 Å². The van der Waals surface area contributed by atoms with Gasteiger partial charge in [-0.15, -0.1) is 0 Å². The molecule has 0 bridgehead atoms. The lowest BCUT2D eigenvalue weighted by molar-refractivity contribution is -0.201. The van der Waals surface area contributed by atoms with Crippen LogP contribution in [0.1, 0.15) is 96.2 Å². The molecule has 0 atom stereocenters. The molecule has 3 amide bonds. The molecule has 2 N–H and O–H groups in total. The van der Waals surface area contributed by atoms with Crippen molar-refractivity contribution in [2.45, 2.75) is 86.4 Å². The lowest BCUT2D eigenvalue weighted by Gasteiger charge is -2.28. The summed E-state index contributed by atoms with van der Waals surface area (Å²) in [5.41, 5.74) is 6.83. The molecule has 2 heterocycles. The van der Waals surface area contributed by atoms with Gasteiger partial charge in [0.25, 0.3) is 17.7 Å². The van der Waals surface area contributed by atoms with E-state index in [9.17, 15) is 14.4 Å². The van der Waals surface area contributed by atoms with Crippen molar-refractivity contribution in [1.29, 1.82) is 0 Å². The average Bonchev–Trinajstić information content (AvgIpc) is 4.15. The largest absolute Gasteiger partial charge is 0.484 e. The molecule has 0 radical (unpaired) electrons. The first-order valence-electron chi connectivity index (χ1n) is 21.8. The van der Waals surface area contributed by atoms with Crippen LogP contribution in [0.15, 0.2) is 52.6 Å². The summed E-state index contributed by atoms with van der Waals surface area (Å²) in [5.74, 6) is 19.7. The van der Waals surface area contributed by atoms with Crippen LogP contribution in [0.25, 0.3) is 0 Å². The summed E-state index contributed by atoms with van der Waals surface area (Å²) < 4.78 is 17.0. The third-order valence-corrected chi connectivity index (χ3v) is 11.1. The van der Waals surface area contributed by atoms with Crippen LogP contribution >= 0.6 is 0 Å². The van der Waals surface area contributed by atoms with Gasteiger partial charge in [-0.25, -0.2) is 4.98 Å². The molecule has 1 aromatic heterocycles. The van der Waals surface area contributed by atoms with Crippen molar-refractivity contribution >= 4 is 41.2 Å². The fourth-order valence-corrected chi connectivity index (χ4v) is 6.53. The highest BCUT2D eigenvalue weighted by molar-refractivity contribution is 6.63. The summed E-state index contributed by atoms with van der Waals surface area (Å²) in [6.07, 6.45) is 7.96. The van der Waals surface area contributed by atoms with Gasteiger partial charge in [0.05, 0.1) is 26.0 Å². The highest BCUT2D eigenvalue weighted by atomic mass is 16.7. The van der Waals surface area contributed by atoms with E-state index in [1.165, 1.54) is 28.9 Å². The van der Waals surface area contributed by atoms with E-state index in [-0.39, 0.29) is 36.1 Å². The molecule has 1 saturated heterocycles. The van der Waals surface area contributed by atoms with Crippen LogP contribution in [-0.4, -0.2) is 100 Å². The number of amides is 3. The minimum absolute atomic E-state index is 0.0302. The van der Waals surface area contributed by atoms with E-state index in [0.29, 0.717) is 47.9 Å². The summed E-state index contributed by atoms with van der Waals surface area (Å²) >= 11 is 0. The van der Waals surface area contributed by atoms with Gasteiger partial charge in [-0.3, -0.25) is 24.3 Å². The van der Waals surface area contributed by atoms with Crippen molar-refractivity contribution in [2.24, 2.45) is 33.2 Å². The molecule has 7 rings (SSSR count). The maximum Gasteiger partial charge on any atom is 0.281 e. The number of pyridine rings is 1. The van der Waals surface area contributed by atoms with Crippen molar-refractivity contribution in [2.75, 3.05) is 64.4 Å². The summed E-state index contributed by atoms with van der Waals surface area (Å²) in [7, 11) is 6.81. The quantitative estimate of drug-likeness (QED) is 0.101. The van der Waals surface area contributed by atoms with Crippen LogP contribution < -0.4 is 20.4 Å². The number of aryl methyl sites for hydroxylation is 4. The molecule has 334 valence electrons. The number of carbonyl (C=O) groups is 3. The van der Waals surface area contributed by atoms with Crippen LogP contribution in [0.2, 0.25) is 0 Å². The second-order valence-electron chi connectivity index (χ2n) is 16.7. The van der Waals surface area contributed by atoms with E-state index >= 15 is 0 Å². The molecule has 4 aliphatic rings. The van der Waals surface area contributed by atoms with Crippen molar-refractivity contribution in [1.82, 2.24) is 9.88 Å². The Morgan fingerprint density at radius 2 is 1.44 bits per heavy atom. The zero-order chi connectivity index (χ0) is 45.8. The maximum atomic E-state index is 13.4. The summed E-state index contributed by atoms with van der Waals surface area (Å²) in [4.78, 5) is 51.4. The summed E-state index contributed by atoms with van der Waals surface area (Å²) in [5, 5.41) is 3.61. The molecule has 0 unspecified atom stereocenters. The number of anilines is 2. The monoisotopic (exact) mass is 857 g/mol. The first-order chi connectivity index (χ1) is 30.2. The van der Waals surface area contributed by atoms with E-state index in [0.717, 1.165) is 59.2 Å². The first kappa shape index (κ1) is 48.0. The number of rotatable bonds is 10. The number of hydrogen-bond acceptors (Lipinski definition) is 10. The molecular weight excluding hydrogens is 795 g/mol. The number of aromatic nitrogens is 1. The van der Waals surface area contributed by atoms with Gasteiger partial charge in [-0.2, -0.15) is 5.10 Å². The Labute approximate surface area is 373 Å². The van der Waals surface area contributed by atoms with Gasteiger partial charge in [0.1, 0.15) is 17.3 Å². The lowest BCUT2D eigenvalue weighted by Crippen LogP contribution is -2.37. The Morgan fingerprint density at radius 3 is 2.02 bits per heavy atom. The fraction of sp³-hybridized carbons (Fsp3) is 0.480. The molecule has 63 heavy (non-hydrogen) atoms. The highest BCUT2D eigenvalue weighted by Gasteiger charge is 2.46. The van der Waals surface area contributed by atoms with Crippen LogP contribution in [0, 0.1) is 68.6 Å². The molecule has 13 heteroatoms. The van der Waals surface area contributed by atoms with E-state index in [4.69, 9.17) is 20.1 Å². The van der Waals surface area contributed by atoms with E-state index in [1.54, 1.807) is 45.2 Å². The van der Waals surface area contributed by atoms with E-state index < -0.39 is 12.2 Å². The number of ether oxygens (including phenoxy) is 3. The molecule has 1 spiro atoms. The Kier molecular flexibility index (Phi) is 16.7. The second kappa shape index (κ2) is 21.9. The summed E-state index contributed by atoms with van der Waals surface area (Å²) in [6.45, 7) is 13.3. The predicted molar refractivity (Wildman–Crippen MR) is 249 cm³/mol. The number of nitrogens with zero attached hydrogens (tertiary/aromatic N) is 6. The smallest absolute Gasteiger partial charge is 0.281 e. The van der Waals surface area contributed by atoms with Gasteiger partial charge < -0.3 is 29.9 Å². The average molecular weight is 858 g/mol. The second-order valence-corrected chi connectivity index (χ2v) is 16.7. The topological polar surface area (TPSA) is 152 Å². The molecule has 3 aliphatic carbocycles. The Balaban J connectivity index is 0.000000229. The number of aliphatic imine (C=N–C) groups is 1. The zero-order valence-electron chi connectivity index (χ0n) is 38.6. The molecular formula is C50H63N7O6. The van der Waals surface area contributed by atoms with Gasteiger partial charge in [0.2, 0.25) is 0 Å². The Hall–Kier alpha value is -6.02. The first-order valence-corrected chi connectivity index (χ1v) is 21.8. The molecule has 4 fully saturated rings. The third kappa shape index (κ3) is 13.5. The van der Waals surface area contributed by atoms with Crippen molar-refractivity contribution < 1.29 is 28.6 Å². The van der Waals surface area contributed by atoms with Crippen LogP contribution in [0.5, 0.6) is 5.75 Å². The van der Waals surface area contributed by atoms with Gasteiger partial charge in [0, 0.05) is 62.3 Å². The number of hydrazone groups is 1. The van der Waals surface area contributed by atoms with Crippen LogP contribution in [0.3, 0.4) is 0 Å². The molecule has 3 aromatic rings. The number of nitrogens with two attached hydrogens (primary N) is 1.